The van der Waals surface area contributed by atoms with Gasteiger partial charge in [-0.3, -0.25) is 15.5 Å². The van der Waals surface area contributed by atoms with Crippen LogP contribution in [0.2, 0.25) is 5.02 Å². The van der Waals surface area contributed by atoms with Crippen molar-refractivity contribution in [3.8, 4) is 11.6 Å². The number of aryl methyl sites for hydroxylation is 1. The van der Waals surface area contributed by atoms with Gasteiger partial charge in [-0.2, -0.15) is 0 Å². The number of hydrogen-bond donors (Lipinski definition) is 2. The number of nitrogen functional groups attached to an aromatic ring is 1. The standard InChI is InChI=1S/C13H11ClN4O3/c1-7-5-6-17-13(10(7)12(15)16)21-11-8(14)3-2-4-9(11)18(19)20/h2-6H,1H3,(H3,15,16). The third kappa shape index (κ3) is 2.92. The summed E-state index contributed by atoms with van der Waals surface area (Å²) in [7, 11) is 0. The average Bonchev–Trinajstić information content (AvgIpc) is 2.40. The van der Waals surface area contributed by atoms with Crippen LogP contribution in [-0.4, -0.2) is 15.7 Å². The third-order valence-electron chi connectivity index (χ3n) is 2.74. The van der Waals surface area contributed by atoms with Crippen LogP contribution in [0.15, 0.2) is 30.5 Å². The van der Waals surface area contributed by atoms with Crippen molar-refractivity contribution in [3.05, 3.63) is 56.7 Å². The molecule has 0 radical (unpaired) electrons. The summed E-state index contributed by atoms with van der Waals surface area (Å²) < 4.78 is 5.47. The van der Waals surface area contributed by atoms with Crippen molar-refractivity contribution in [2.45, 2.75) is 6.92 Å². The van der Waals surface area contributed by atoms with E-state index < -0.39 is 4.92 Å². The molecule has 7 nitrogen and oxygen atoms in total. The van der Waals surface area contributed by atoms with Crippen molar-refractivity contribution in [1.82, 2.24) is 4.98 Å². The maximum absolute atomic E-state index is 11.0. The van der Waals surface area contributed by atoms with E-state index in [4.69, 9.17) is 27.5 Å². The number of aromatic nitrogens is 1. The molecule has 0 aliphatic heterocycles. The Morgan fingerprint density at radius 1 is 1.48 bits per heavy atom. The van der Waals surface area contributed by atoms with Gasteiger partial charge in [0.25, 0.3) is 0 Å². The van der Waals surface area contributed by atoms with Crippen molar-refractivity contribution in [3.63, 3.8) is 0 Å². The van der Waals surface area contributed by atoms with Crippen LogP contribution < -0.4 is 10.5 Å². The number of nitro benzene ring substituents is 1. The van der Waals surface area contributed by atoms with Gasteiger partial charge in [-0.1, -0.05) is 17.7 Å². The van der Waals surface area contributed by atoms with Crippen LogP contribution >= 0.6 is 11.6 Å². The fourth-order valence-electron chi connectivity index (χ4n) is 1.78. The van der Waals surface area contributed by atoms with E-state index >= 15 is 0 Å². The van der Waals surface area contributed by atoms with Crippen LogP contribution in [0.3, 0.4) is 0 Å². The number of hydrogen-bond acceptors (Lipinski definition) is 5. The van der Waals surface area contributed by atoms with Gasteiger partial charge in [-0.05, 0) is 24.6 Å². The number of nitrogens with zero attached hydrogens (tertiary/aromatic N) is 2. The predicted molar refractivity (Wildman–Crippen MR) is 78.2 cm³/mol. The average molecular weight is 307 g/mol. The first-order valence-corrected chi connectivity index (χ1v) is 6.20. The molecule has 1 aromatic heterocycles. The Kier molecular flexibility index (Phi) is 4.04. The van der Waals surface area contributed by atoms with E-state index in [0.29, 0.717) is 5.56 Å². The summed E-state index contributed by atoms with van der Waals surface area (Å²) in [6, 6.07) is 5.84. The lowest BCUT2D eigenvalue weighted by Gasteiger charge is -2.12. The van der Waals surface area contributed by atoms with Crippen LogP contribution in [0, 0.1) is 22.4 Å². The second-order valence-corrected chi connectivity index (χ2v) is 4.58. The first-order chi connectivity index (χ1) is 9.91. The van der Waals surface area contributed by atoms with E-state index in [2.05, 4.69) is 4.98 Å². The summed E-state index contributed by atoms with van der Waals surface area (Å²) in [6.45, 7) is 1.73. The van der Waals surface area contributed by atoms with Gasteiger partial charge in [0.05, 0.1) is 15.5 Å². The largest absolute Gasteiger partial charge is 0.429 e. The summed E-state index contributed by atoms with van der Waals surface area (Å²) in [5.74, 6) is -0.381. The molecule has 0 saturated carbocycles. The molecule has 1 heterocycles. The highest BCUT2D eigenvalue weighted by atomic mass is 35.5. The Morgan fingerprint density at radius 3 is 2.81 bits per heavy atom. The SMILES string of the molecule is Cc1ccnc(Oc2c(Cl)cccc2[N+](=O)[O-])c1C(=N)N. The maximum Gasteiger partial charge on any atom is 0.313 e. The lowest BCUT2D eigenvalue weighted by molar-refractivity contribution is -0.385. The molecular weight excluding hydrogens is 296 g/mol. The van der Waals surface area contributed by atoms with Crippen LogP contribution in [0.5, 0.6) is 11.6 Å². The monoisotopic (exact) mass is 306 g/mol. The molecule has 0 saturated heterocycles. The first kappa shape index (κ1) is 14.7. The van der Waals surface area contributed by atoms with Crippen LogP contribution in [0.25, 0.3) is 0 Å². The molecule has 21 heavy (non-hydrogen) atoms. The minimum Gasteiger partial charge on any atom is -0.429 e. The number of para-hydroxylation sites is 1. The zero-order valence-electron chi connectivity index (χ0n) is 11.0. The molecule has 8 heteroatoms. The van der Waals surface area contributed by atoms with E-state index in [-0.39, 0.29) is 33.7 Å². The molecule has 0 atom stereocenters. The molecule has 1 aromatic carbocycles. The van der Waals surface area contributed by atoms with Crippen LogP contribution in [0.4, 0.5) is 5.69 Å². The number of halogens is 1. The molecule has 0 aliphatic rings. The van der Waals surface area contributed by atoms with Gasteiger partial charge < -0.3 is 10.5 Å². The molecule has 0 unspecified atom stereocenters. The van der Waals surface area contributed by atoms with E-state index in [9.17, 15) is 10.1 Å². The second kappa shape index (κ2) is 5.76. The second-order valence-electron chi connectivity index (χ2n) is 4.17. The maximum atomic E-state index is 11.0. The minimum atomic E-state index is -0.607. The molecule has 0 fully saturated rings. The van der Waals surface area contributed by atoms with Crippen molar-refractivity contribution < 1.29 is 9.66 Å². The van der Waals surface area contributed by atoms with Crippen molar-refractivity contribution in [1.29, 1.82) is 5.41 Å². The number of pyridine rings is 1. The number of rotatable bonds is 4. The molecule has 108 valence electrons. The van der Waals surface area contributed by atoms with Crippen molar-refractivity contribution >= 4 is 23.1 Å². The van der Waals surface area contributed by atoms with E-state index in [0.717, 1.165) is 0 Å². The quantitative estimate of drug-likeness (QED) is 0.390. The smallest absolute Gasteiger partial charge is 0.313 e. The summed E-state index contributed by atoms with van der Waals surface area (Å²) in [4.78, 5) is 14.4. The molecule has 2 aromatic rings. The zero-order valence-corrected chi connectivity index (χ0v) is 11.7. The number of benzene rings is 1. The van der Waals surface area contributed by atoms with Gasteiger partial charge in [-0.25, -0.2) is 4.98 Å². The lowest BCUT2D eigenvalue weighted by atomic mass is 10.1. The molecule has 0 spiro atoms. The Morgan fingerprint density at radius 2 is 2.19 bits per heavy atom. The Balaban J connectivity index is 2.56. The van der Waals surface area contributed by atoms with Crippen LogP contribution in [0.1, 0.15) is 11.1 Å². The van der Waals surface area contributed by atoms with E-state index in [1.807, 2.05) is 0 Å². The number of nitro groups is 1. The van der Waals surface area contributed by atoms with E-state index in [1.165, 1.54) is 24.4 Å². The highest BCUT2D eigenvalue weighted by molar-refractivity contribution is 6.32. The molecule has 2 rings (SSSR count). The fourth-order valence-corrected chi connectivity index (χ4v) is 1.99. The Hall–Kier alpha value is -2.67. The van der Waals surface area contributed by atoms with Gasteiger partial charge in [0.1, 0.15) is 5.84 Å². The number of ether oxygens (including phenoxy) is 1. The molecule has 0 aliphatic carbocycles. The van der Waals surface area contributed by atoms with Crippen molar-refractivity contribution in [2.75, 3.05) is 0 Å². The lowest BCUT2D eigenvalue weighted by Crippen LogP contribution is -2.15. The van der Waals surface area contributed by atoms with E-state index in [1.54, 1.807) is 13.0 Å². The highest BCUT2D eigenvalue weighted by Gasteiger charge is 2.22. The van der Waals surface area contributed by atoms with Crippen LogP contribution in [-0.2, 0) is 0 Å². The Labute approximate surface area is 125 Å². The van der Waals surface area contributed by atoms with Gasteiger partial charge in [-0.15, -0.1) is 0 Å². The normalized spacial score (nSPS) is 10.2. The highest BCUT2D eigenvalue weighted by Crippen LogP contribution is 2.38. The molecule has 3 N–H and O–H groups in total. The van der Waals surface area contributed by atoms with Gasteiger partial charge in [0.15, 0.2) is 0 Å². The van der Waals surface area contributed by atoms with Gasteiger partial charge in [0.2, 0.25) is 11.6 Å². The molecule has 0 amide bonds. The Bertz CT molecular complexity index is 733. The fraction of sp³-hybridized carbons (Fsp3) is 0.0769. The van der Waals surface area contributed by atoms with Gasteiger partial charge in [0, 0.05) is 12.3 Å². The summed E-state index contributed by atoms with van der Waals surface area (Å²) in [6.07, 6.45) is 1.46. The number of nitrogens with one attached hydrogen (secondary N) is 1. The third-order valence-corrected chi connectivity index (χ3v) is 3.03. The number of amidine groups is 1. The minimum absolute atomic E-state index is 0.00120. The molecular formula is C13H11ClN4O3. The zero-order chi connectivity index (χ0) is 15.6. The van der Waals surface area contributed by atoms with Crippen molar-refractivity contribution in [2.24, 2.45) is 5.73 Å². The van der Waals surface area contributed by atoms with Gasteiger partial charge >= 0.3 is 5.69 Å². The topological polar surface area (TPSA) is 115 Å². The summed E-state index contributed by atoms with van der Waals surface area (Å²) in [5.41, 5.74) is 6.15. The summed E-state index contributed by atoms with van der Waals surface area (Å²) in [5, 5.41) is 18.7. The number of nitrogens with two attached hydrogens (primary N) is 1. The summed E-state index contributed by atoms with van der Waals surface area (Å²) >= 11 is 5.95. The predicted octanol–water partition coefficient (Wildman–Crippen LogP) is 3.03. The first-order valence-electron chi connectivity index (χ1n) is 5.82. The molecule has 0 bridgehead atoms.